The largest absolute Gasteiger partial charge is 0.496 e. The Hall–Kier alpha value is -3.18. The third kappa shape index (κ3) is 5.21. The molecular formula is C24H19BrO4. The summed E-state index contributed by atoms with van der Waals surface area (Å²) in [5.74, 6) is 0.466. The Bertz CT molecular complexity index is 1070. The zero-order valence-corrected chi connectivity index (χ0v) is 17.6. The lowest BCUT2D eigenvalue weighted by atomic mass is 10.0. The van der Waals surface area contributed by atoms with Gasteiger partial charge in [-0.3, -0.25) is 4.79 Å². The van der Waals surface area contributed by atoms with E-state index in [2.05, 4.69) is 15.9 Å². The van der Waals surface area contributed by atoms with Crippen molar-refractivity contribution in [2.75, 3.05) is 7.11 Å². The Morgan fingerprint density at radius 3 is 2.31 bits per heavy atom. The second-order valence-electron chi connectivity index (χ2n) is 6.32. The van der Waals surface area contributed by atoms with Gasteiger partial charge >= 0.3 is 5.97 Å². The molecule has 4 nitrogen and oxygen atoms in total. The van der Waals surface area contributed by atoms with Gasteiger partial charge in [-0.2, -0.15) is 0 Å². The summed E-state index contributed by atoms with van der Waals surface area (Å²) in [5.41, 5.74) is 2.61. The van der Waals surface area contributed by atoms with Gasteiger partial charge in [0, 0.05) is 27.2 Å². The van der Waals surface area contributed by atoms with E-state index in [1.165, 1.54) is 6.08 Å². The SMILES string of the molecule is COc1ccc(Br)cc1/C=C/C(=O)Oc1ccc(C(=O)c2ccccc2)cc1C. The number of hydrogen-bond acceptors (Lipinski definition) is 4. The highest BCUT2D eigenvalue weighted by molar-refractivity contribution is 9.10. The molecule has 0 aliphatic carbocycles. The van der Waals surface area contributed by atoms with Crippen LogP contribution >= 0.6 is 15.9 Å². The first-order chi connectivity index (χ1) is 14.0. The van der Waals surface area contributed by atoms with E-state index in [1.54, 1.807) is 50.4 Å². The lowest BCUT2D eigenvalue weighted by molar-refractivity contribution is -0.128. The van der Waals surface area contributed by atoms with E-state index in [-0.39, 0.29) is 5.78 Å². The lowest BCUT2D eigenvalue weighted by Crippen LogP contribution is -2.06. The van der Waals surface area contributed by atoms with Crippen LogP contribution < -0.4 is 9.47 Å². The highest BCUT2D eigenvalue weighted by atomic mass is 79.9. The quantitative estimate of drug-likeness (QED) is 0.211. The summed E-state index contributed by atoms with van der Waals surface area (Å²) in [6.07, 6.45) is 2.97. The van der Waals surface area contributed by atoms with Crippen molar-refractivity contribution in [3.63, 3.8) is 0 Å². The number of carbonyl (C=O) groups excluding carboxylic acids is 2. The summed E-state index contributed by atoms with van der Waals surface area (Å²) in [6, 6.07) is 19.6. The Balaban J connectivity index is 1.73. The van der Waals surface area contributed by atoms with Crippen molar-refractivity contribution in [3.05, 3.63) is 99.5 Å². The molecule has 29 heavy (non-hydrogen) atoms. The predicted molar refractivity (Wildman–Crippen MR) is 116 cm³/mol. The third-order valence-electron chi connectivity index (χ3n) is 4.27. The zero-order chi connectivity index (χ0) is 20.8. The molecule has 146 valence electrons. The molecule has 0 bridgehead atoms. The Morgan fingerprint density at radius 2 is 1.62 bits per heavy atom. The molecule has 3 rings (SSSR count). The Kier molecular flexibility index (Phi) is 6.62. The van der Waals surface area contributed by atoms with Crippen molar-refractivity contribution in [2.45, 2.75) is 6.92 Å². The summed E-state index contributed by atoms with van der Waals surface area (Å²) < 4.78 is 11.6. The summed E-state index contributed by atoms with van der Waals surface area (Å²) in [7, 11) is 1.57. The second kappa shape index (κ2) is 9.34. The molecule has 0 heterocycles. The van der Waals surface area contributed by atoms with Gasteiger partial charge in [-0.05, 0) is 55.0 Å². The van der Waals surface area contributed by atoms with Crippen molar-refractivity contribution >= 4 is 33.8 Å². The van der Waals surface area contributed by atoms with Crippen molar-refractivity contribution in [1.82, 2.24) is 0 Å². The van der Waals surface area contributed by atoms with Gasteiger partial charge in [0.1, 0.15) is 11.5 Å². The fourth-order valence-electron chi connectivity index (χ4n) is 2.80. The van der Waals surface area contributed by atoms with Gasteiger partial charge in [0.15, 0.2) is 5.78 Å². The van der Waals surface area contributed by atoms with E-state index >= 15 is 0 Å². The normalized spacial score (nSPS) is 10.7. The Labute approximate surface area is 177 Å². The van der Waals surface area contributed by atoms with Crippen LogP contribution in [0.4, 0.5) is 0 Å². The fourth-order valence-corrected chi connectivity index (χ4v) is 3.18. The predicted octanol–water partition coefficient (Wildman–Crippen LogP) is 5.62. The standard InChI is InChI=1S/C24H19BrO4/c1-16-14-19(24(27)17-6-4-3-5-7-17)8-11-21(16)29-23(26)13-9-18-15-20(25)10-12-22(18)28-2/h3-15H,1-2H3/b13-9+. The topological polar surface area (TPSA) is 52.6 Å². The first-order valence-electron chi connectivity index (χ1n) is 8.92. The van der Waals surface area contributed by atoms with E-state index in [0.717, 1.165) is 10.0 Å². The van der Waals surface area contributed by atoms with Crippen LogP contribution in [0.1, 0.15) is 27.0 Å². The summed E-state index contributed by atoms with van der Waals surface area (Å²) in [4.78, 5) is 24.8. The number of hydrogen-bond donors (Lipinski definition) is 0. The molecule has 0 amide bonds. The molecule has 0 N–H and O–H groups in total. The average Bonchev–Trinajstić information content (AvgIpc) is 2.74. The van der Waals surface area contributed by atoms with Crippen LogP contribution in [-0.4, -0.2) is 18.9 Å². The molecule has 0 aliphatic heterocycles. The van der Waals surface area contributed by atoms with Gasteiger partial charge in [0.25, 0.3) is 0 Å². The van der Waals surface area contributed by atoms with Crippen LogP contribution in [-0.2, 0) is 4.79 Å². The van der Waals surface area contributed by atoms with Crippen molar-refractivity contribution < 1.29 is 19.1 Å². The van der Waals surface area contributed by atoms with Gasteiger partial charge in [0.2, 0.25) is 0 Å². The first-order valence-corrected chi connectivity index (χ1v) is 9.71. The molecule has 5 heteroatoms. The van der Waals surface area contributed by atoms with Crippen LogP contribution in [0.5, 0.6) is 11.5 Å². The molecule has 0 aromatic heterocycles. The third-order valence-corrected chi connectivity index (χ3v) is 4.77. The highest BCUT2D eigenvalue weighted by Gasteiger charge is 2.12. The van der Waals surface area contributed by atoms with Gasteiger partial charge in [-0.15, -0.1) is 0 Å². The number of ether oxygens (including phenoxy) is 2. The van der Waals surface area contributed by atoms with Crippen LogP contribution in [0.15, 0.2) is 77.3 Å². The summed E-state index contributed by atoms with van der Waals surface area (Å²) in [6.45, 7) is 1.80. The molecule has 3 aromatic rings. The second-order valence-corrected chi connectivity index (χ2v) is 7.23. The maximum Gasteiger partial charge on any atom is 0.336 e. The molecule has 0 radical (unpaired) electrons. The lowest BCUT2D eigenvalue weighted by Gasteiger charge is -2.08. The van der Waals surface area contributed by atoms with Crippen molar-refractivity contribution in [3.8, 4) is 11.5 Å². The first kappa shape index (κ1) is 20.6. The van der Waals surface area contributed by atoms with Gasteiger partial charge in [0.05, 0.1) is 7.11 Å². The zero-order valence-electron chi connectivity index (χ0n) is 16.0. The number of halogens is 1. The molecule has 0 saturated carbocycles. The van der Waals surface area contributed by atoms with E-state index in [0.29, 0.717) is 28.2 Å². The van der Waals surface area contributed by atoms with E-state index in [1.807, 2.05) is 36.4 Å². The van der Waals surface area contributed by atoms with Crippen LogP contribution in [0, 0.1) is 6.92 Å². The minimum atomic E-state index is -0.516. The van der Waals surface area contributed by atoms with Gasteiger partial charge in [-0.25, -0.2) is 4.79 Å². The Morgan fingerprint density at radius 1 is 0.897 bits per heavy atom. The maximum absolute atomic E-state index is 12.5. The van der Waals surface area contributed by atoms with E-state index in [4.69, 9.17) is 9.47 Å². The minimum absolute atomic E-state index is 0.0757. The van der Waals surface area contributed by atoms with Crippen molar-refractivity contribution in [1.29, 1.82) is 0 Å². The van der Waals surface area contributed by atoms with Crippen molar-refractivity contribution in [2.24, 2.45) is 0 Å². The molecule has 0 saturated heterocycles. The highest BCUT2D eigenvalue weighted by Crippen LogP contribution is 2.25. The number of aryl methyl sites for hydroxylation is 1. The number of esters is 1. The smallest absolute Gasteiger partial charge is 0.336 e. The molecule has 0 atom stereocenters. The summed E-state index contributed by atoms with van der Waals surface area (Å²) in [5, 5.41) is 0. The van der Waals surface area contributed by atoms with Crippen LogP contribution in [0.2, 0.25) is 0 Å². The monoisotopic (exact) mass is 450 g/mol. The number of ketones is 1. The number of rotatable bonds is 6. The number of benzene rings is 3. The molecule has 0 fully saturated rings. The summed E-state index contributed by atoms with van der Waals surface area (Å²) >= 11 is 3.40. The number of methoxy groups -OCH3 is 1. The molecule has 0 spiro atoms. The molecule has 0 aliphatic rings. The van der Waals surface area contributed by atoms with E-state index in [9.17, 15) is 9.59 Å². The number of carbonyl (C=O) groups is 2. The average molecular weight is 451 g/mol. The van der Waals surface area contributed by atoms with Gasteiger partial charge < -0.3 is 9.47 Å². The maximum atomic E-state index is 12.5. The molecule has 0 unspecified atom stereocenters. The fraction of sp³-hybridized carbons (Fsp3) is 0.0833. The van der Waals surface area contributed by atoms with Crippen LogP contribution in [0.25, 0.3) is 6.08 Å². The minimum Gasteiger partial charge on any atom is -0.496 e. The molecule has 3 aromatic carbocycles. The molecular weight excluding hydrogens is 432 g/mol. The van der Waals surface area contributed by atoms with Crippen LogP contribution in [0.3, 0.4) is 0 Å². The van der Waals surface area contributed by atoms with E-state index < -0.39 is 5.97 Å². The van der Waals surface area contributed by atoms with Gasteiger partial charge in [-0.1, -0.05) is 46.3 Å².